The van der Waals surface area contributed by atoms with E-state index in [1.54, 1.807) is 6.92 Å². The molecule has 0 N–H and O–H groups in total. The molecule has 0 radical (unpaired) electrons. The molecule has 0 spiro atoms. The number of benzene rings is 4. The zero-order chi connectivity index (χ0) is 26.3. The molecule has 0 fully saturated rings. The maximum absolute atomic E-state index is 4.98. The molecule has 0 saturated heterocycles. The van der Waals surface area contributed by atoms with Gasteiger partial charge >= 0.3 is 21.1 Å². The standard InChI is InChI=1S/C32H19N3S.C3H4.Pt/c1-2-8-22-20(7-1)15-16-33-32(22)21-13-14-24-23-9-3-5-11-27(23)35(28(24)17-21)31-18-30-26(19-34-31)25-10-4-6-12-29(25)36-30;1-3-2;/h1-19H;1H,2H3;/q;;+2. The number of rotatable bonds is 2. The third kappa shape index (κ3) is 4.20. The van der Waals surface area contributed by atoms with Gasteiger partial charge in [0.1, 0.15) is 5.82 Å². The Morgan fingerprint density at radius 1 is 0.675 bits per heavy atom. The topological polar surface area (TPSA) is 30.7 Å². The van der Waals surface area contributed by atoms with Crippen LogP contribution in [0.15, 0.2) is 116 Å². The third-order valence-corrected chi connectivity index (χ3v) is 8.23. The van der Waals surface area contributed by atoms with Gasteiger partial charge < -0.3 is 0 Å². The van der Waals surface area contributed by atoms with Crippen molar-refractivity contribution in [3.63, 3.8) is 0 Å². The SMILES string of the molecule is C#CC.[Pt+2].c1ccc2c(-c3ccc4c5ccccc5n(-c5cc6sc7ccccc7c6cn5)c4c3)nccc2c1. The summed E-state index contributed by atoms with van der Waals surface area (Å²) in [6, 6.07) is 36.6. The first-order chi connectivity index (χ1) is 19.3. The molecule has 0 aliphatic rings. The van der Waals surface area contributed by atoms with Crippen LogP contribution < -0.4 is 0 Å². The molecule has 0 atom stereocenters. The minimum atomic E-state index is 0. The van der Waals surface area contributed by atoms with Crippen molar-refractivity contribution < 1.29 is 21.1 Å². The molecule has 4 heterocycles. The van der Waals surface area contributed by atoms with Crippen molar-refractivity contribution in [1.82, 2.24) is 14.5 Å². The molecule has 0 aliphatic heterocycles. The van der Waals surface area contributed by atoms with Crippen LogP contribution in [0.2, 0.25) is 0 Å². The van der Waals surface area contributed by atoms with E-state index in [2.05, 4.69) is 120 Å². The molecule has 4 aromatic heterocycles. The molecule has 192 valence electrons. The van der Waals surface area contributed by atoms with Gasteiger partial charge in [-0.05, 0) is 42.6 Å². The number of pyridine rings is 2. The molecular weight excluding hydrogens is 690 g/mol. The predicted molar refractivity (Wildman–Crippen MR) is 167 cm³/mol. The normalized spacial score (nSPS) is 10.9. The Kier molecular flexibility index (Phi) is 6.94. The van der Waals surface area contributed by atoms with E-state index in [0.717, 1.165) is 33.5 Å². The molecule has 0 saturated carbocycles. The number of terminal acetylenes is 1. The second-order valence-electron chi connectivity index (χ2n) is 9.39. The average molecular weight is 713 g/mol. The molecule has 4 aromatic carbocycles. The summed E-state index contributed by atoms with van der Waals surface area (Å²) in [4.78, 5) is 9.76. The van der Waals surface area contributed by atoms with Gasteiger partial charge in [-0.15, -0.1) is 23.7 Å². The molecule has 8 aromatic rings. The van der Waals surface area contributed by atoms with E-state index in [1.807, 2.05) is 23.7 Å². The second-order valence-corrected chi connectivity index (χ2v) is 10.5. The molecule has 0 unspecified atom stereocenters. The van der Waals surface area contributed by atoms with Crippen molar-refractivity contribution in [2.75, 3.05) is 0 Å². The van der Waals surface area contributed by atoms with Crippen LogP contribution in [0, 0.1) is 12.3 Å². The fraction of sp³-hybridized carbons (Fsp3) is 0.0286. The molecule has 3 nitrogen and oxygen atoms in total. The Hall–Kier alpha value is -4.29. The average Bonchev–Trinajstić information content (AvgIpc) is 3.52. The van der Waals surface area contributed by atoms with Gasteiger partial charge in [0.15, 0.2) is 0 Å². The Morgan fingerprint density at radius 2 is 1.38 bits per heavy atom. The van der Waals surface area contributed by atoms with Gasteiger partial charge in [-0.2, -0.15) is 0 Å². The van der Waals surface area contributed by atoms with E-state index in [1.165, 1.54) is 36.3 Å². The van der Waals surface area contributed by atoms with E-state index in [0.29, 0.717) is 0 Å². The van der Waals surface area contributed by atoms with Gasteiger partial charge in [0, 0.05) is 54.3 Å². The maximum Gasteiger partial charge on any atom is 2.00 e. The molecule has 0 bridgehead atoms. The van der Waals surface area contributed by atoms with Crippen molar-refractivity contribution in [2.24, 2.45) is 0 Å². The number of para-hydroxylation sites is 1. The van der Waals surface area contributed by atoms with Gasteiger partial charge in [0.2, 0.25) is 0 Å². The first-order valence-corrected chi connectivity index (χ1v) is 13.6. The van der Waals surface area contributed by atoms with E-state index >= 15 is 0 Å². The summed E-state index contributed by atoms with van der Waals surface area (Å²) in [6.07, 6.45) is 8.52. The number of thiophene rings is 1. The Balaban J connectivity index is 0.000000695. The van der Waals surface area contributed by atoms with Crippen LogP contribution in [-0.4, -0.2) is 14.5 Å². The fourth-order valence-electron chi connectivity index (χ4n) is 5.45. The van der Waals surface area contributed by atoms with Crippen molar-refractivity contribution in [1.29, 1.82) is 0 Å². The number of hydrogen-bond donors (Lipinski definition) is 0. The molecule has 8 rings (SSSR count). The second kappa shape index (κ2) is 10.7. The molecule has 40 heavy (non-hydrogen) atoms. The van der Waals surface area contributed by atoms with E-state index < -0.39 is 0 Å². The van der Waals surface area contributed by atoms with Gasteiger partial charge in [-0.25, -0.2) is 4.98 Å². The molecule has 5 heteroatoms. The number of hydrogen-bond acceptors (Lipinski definition) is 3. The Labute approximate surface area is 250 Å². The molecular formula is C35H23N3PtS+2. The van der Waals surface area contributed by atoms with E-state index in [-0.39, 0.29) is 21.1 Å². The van der Waals surface area contributed by atoms with Crippen LogP contribution in [0.3, 0.4) is 0 Å². The number of nitrogens with zero attached hydrogens (tertiary/aromatic N) is 3. The van der Waals surface area contributed by atoms with Crippen LogP contribution >= 0.6 is 11.3 Å². The fourth-order valence-corrected chi connectivity index (χ4v) is 6.55. The van der Waals surface area contributed by atoms with Crippen LogP contribution in [-0.2, 0) is 21.1 Å². The van der Waals surface area contributed by atoms with Crippen LogP contribution in [0.25, 0.3) is 69.8 Å². The zero-order valence-corrected chi connectivity index (χ0v) is 24.7. The van der Waals surface area contributed by atoms with Crippen LogP contribution in [0.1, 0.15) is 6.92 Å². The quantitative estimate of drug-likeness (QED) is 0.167. The summed E-state index contributed by atoms with van der Waals surface area (Å²) in [5.41, 5.74) is 4.39. The summed E-state index contributed by atoms with van der Waals surface area (Å²) >= 11 is 1.82. The summed E-state index contributed by atoms with van der Waals surface area (Å²) in [5, 5.41) is 7.27. The van der Waals surface area contributed by atoms with Gasteiger partial charge in [-0.1, -0.05) is 72.8 Å². The number of aromatic nitrogens is 3. The summed E-state index contributed by atoms with van der Waals surface area (Å²) in [5.74, 6) is 3.18. The number of fused-ring (bicyclic) bond motifs is 7. The van der Waals surface area contributed by atoms with Crippen molar-refractivity contribution >= 4 is 64.1 Å². The summed E-state index contributed by atoms with van der Waals surface area (Å²) < 4.78 is 4.83. The first-order valence-electron chi connectivity index (χ1n) is 12.8. The first kappa shape index (κ1) is 26.0. The molecule has 0 amide bonds. The summed E-state index contributed by atoms with van der Waals surface area (Å²) in [7, 11) is 0. The van der Waals surface area contributed by atoms with Crippen molar-refractivity contribution in [3.05, 3.63) is 116 Å². The third-order valence-electron chi connectivity index (χ3n) is 7.10. The zero-order valence-electron chi connectivity index (χ0n) is 21.6. The van der Waals surface area contributed by atoms with Gasteiger partial charge in [0.05, 0.1) is 16.7 Å². The minimum Gasteiger partial charge on any atom is -0.294 e. The Bertz CT molecular complexity index is 2210. The maximum atomic E-state index is 4.98. The van der Waals surface area contributed by atoms with Crippen molar-refractivity contribution in [3.8, 4) is 29.4 Å². The smallest absolute Gasteiger partial charge is 0.294 e. The Morgan fingerprint density at radius 3 is 2.23 bits per heavy atom. The molecule has 0 aliphatic carbocycles. The van der Waals surface area contributed by atoms with E-state index in [4.69, 9.17) is 9.97 Å². The van der Waals surface area contributed by atoms with Gasteiger partial charge in [-0.3, -0.25) is 9.55 Å². The van der Waals surface area contributed by atoms with E-state index in [9.17, 15) is 0 Å². The predicted octanol–water partition coefficient (Wildman–Crippen LogP) is 9.40. The monoisotopic (exact) mass is 712 g/mol. The van der Waals surface area contributed by atoms with Crippen LogP contribution in [0.5, 0.6) is 0 Å². The summed E-state index contributed by atoms with van der Waals surface area (Å²) in [6.45, 7) is 1.65. The minimum absolute atomic E-state index is 0. The van der Waals surface area contributed by atoms with Crippen molar-refractivity contribution in [2.45, 2.75) is 6.92 Å². The largest absolute Gasteiger partial charge is 2.00 e. The van der Waals surface area contributed by atoms with Gasteiger partial charge in [0.25, 0.3) is 0 Å². The van der Waals surface area contributed by atoms with Crippen LogP contribution in [0.4, 0.5) is 0 Å².